The zero-order valence-electron chi connectivity index (χ0n) is 22.8. The van der Waals surface area contributed by atoms with Crippen LogP contribution in [0.2, 0.25) is 0 Å². The molecule has 2 aliphatic carbocycles. The van der Waals surface area contributed by atoms with E-state index in [1.54, 1.807) is 12.1 Å². The van der Waals surface area contributed by atoms with Crippen LogP contribution >= 0.6 is 0 Å². The van der Waals surface area contributed by atoms with Gasteiger partial charge in [0.1, 0.15) is 0 Å². The summed E-state index contributed by atoms with van der Waals surface area (Å²) < 4.78 is 34.9. The fraction of sp³-hybridized carbons (Fsp3) is 0.812. The van der Waals surface area contributed by atoms with Crippen molar-refractivity contribution in [3.8, 4) is 5.75 Å². The number of benzene rings is 1. The van der Waals surface area contributed by atoms with Gasteiger partial charge in [-0.3, -0.25) is 0 Å². The fourth-order valence-corrected chi connectivity index (χ4v) is 6.59. The summed E-state index contributed by atoms with van der Waals surface area (Å²) in [5.41, 5.74) is 0.565. The Bertz CT molecular complexity index is 702. The summed E-state index contributed by atoms with van der Waals surface area (Å²) >= 11 is 0. The molecule has 1 nitrogen and oxygen atoms in total. The second-order valence-corrected chi connectivity index (χ2v) is 11.7. The van der Waals surface area contributed by atoms with Crippen LogP contribution in [-0.4, -0.2) is 6.61 Å². The molecule has 0 atom stereocenters. The summed E-state index contributed by atoms with van der Waals surface area (Å²) in [5, 5.41) is 0. The van der Waals surface area contributed by atoms with Gasteiger partial charge in [0.05, 0.1) is 6.61 Å². The lowest BCUT2D eigenvalue weighted by Crippen LogP contribution is -2.18. The number of halogens is 2. The van der Waals surface area contributed by atoms with E-state index in [1.165, 1.54) is 77.0 Å². The van der Waals surface area contributed by atoms with E-state index in [0.29, 0.717) is 12.2 Å². The molecule has 200 valence electrons. The normalized spacial score (nSPS) is 25.0. The second kappa shape index (κ2) is 15.9. The maximum atomic E-state index is 14.8. The largest absolute Gasteiger partial charge is 0.490 e. The topological polar surface area (TPSA) is 9.23 Å². The summed E-state index contributed by atoms with van der Waals surface area (Å²) in [4.78, 5) is 0. The number of hydrogen-bond acceptors (Lipinski definition) is 1. The Kier molecular flexibility index (Phi) is 12.9. The van der Waals surface area contributed by atoms with Gasteiger partial charge in [0.25, 0.3) is 0 Å². The van der Waals surface area contributed by atoms with Crippen molar-refractivity contribution < 1.29 is 13.5 Å². The highest BCUT2D eigenvalue weighted by Crippen LogP contribution is 2.41. The first kappa shape index (κ1) is 28.5. The van der Waals surface area contributed by atoms with Gasteiger partial charge < -0.3 is 4.74 Å². The fourth-order valence-electron chi connectivity index (χ4n) is 6.59. The molecule has 0 saturated heterocycles. The Balaban J connectivity index is 1.33. The van der Waals surface area contributed by atoms with Crippen LogP contribution in [0.15, 0.2) is 12.1 Å². The third-order valence-corrected chi connectivity index (χ3v) is 9.03. The molecule has 0 aliphatic heterocycles. The van der Waals surface area contributed by atoms with Crippen molar-refractivity contribution in [2.45, 2.75) is 142 Å². The molecule has 0 spiro atoms. The third kappa shape index (κ3) is 9.36. The van der Waals surface area contributed by atoms with Gasteiger partial charge >= 0.3 is 0 Å². The highest BCUT2D eigenvalue weighted by atomic mass is 19.2. The Morgan fingerprint density at radius 1 is 0.629 bits per heavy atom. The van der Waals surface area contributed by atoms with Crippen LogP contribution < -0.4 is 4.74 Å². The van der Waals surface area contributed by atoms with Crippen LogP contribution in [0.5, 0.6) is 5.75 Å². The average Bonchev–Trinajstić information content (AvgIpc) is 2.89. The SMILES string of the molecule is CCCCCCCC1CCC(CCC2CCC(c3ccc(OCCCCC)c(F)c3F)CC2)CC1. The van der Waals surface area contributed by atoms with Gasteiger partial charge in [0, 0.05) is 0 Å². The number of rotatable bonds is 15. The minimum absolute atomic E-state index is 0.0715. The van der Waals surface area contributed by atoms with E-state index in [4.69, 9.17) is 4.74 Å². The van der Waals surface area contributed by atoms with E-state index in [-0.39, 0.29) is 11.7 Å². The molecule has 0 N–H and O–H groups in total. The summed E-state index contributed by atoms with van der Waals surface area (Å²) in [5.74, 6) is 1.45. The first-order valence-corrected chi connectivity index (χ1v) is 15.2. The summed E-state index contributed by atoms with van der Waals surface area (Å²) in [6.07, 6.45) is 24.3. The molecule has 3 heteroatoms. The molecule has 0 bridgehead atoms. The van der Waals surface area contributed by atoms with E-state index in [1.807, 2.05) is 0 Å². The Labute approximate surface area is 214 Å². The molecule has 2 fully saturated rings. The van der Waals surface area contributed by atoms with Gasteiger partial charge in [-0.1, -0.05) is 110 Å². The lowest BCUT2D eigenvalue weighted by atomic mass is 9.74. The van der Waals surface area contributed by atoms with E-state index in [9.17, 15) is 8.78 Å². The molecule has 2 saturated carbocycles. The smallest absolute Gasteiger partial charge is 0.200 e. The molecule has 0 amide bonds. The molecule has 1 aromatic rings. The second-order valence-electron chi connectivity index (χ2n) is 11.7. The lowest BCUT2D eigenvalue weighted by molar-refractivity contribution is 0.221. The zero-order valence-corrected chi connectivity index (χ0v) is 22.8. The highest BCUT2D eigenvalue weighted by Gasteiger charge is 2.28. The minimum Gasteiger partial charge on any atom is -0.490 e. The van der Waals surface area contributed by atoms with Gasteiger partial charge in [0.2, 0.25) is 5.82 Å². The minimum atomic E-state index is -0.794. The van der Waals surface area contributed by atoms with Crippen LogP contribution in [0.25, 0.3) is 0 Å². The first-order chi connectivity index (χ1) is 17.1. The van der Waals surface area contributed by atoms with E-state index < -0.39 is 11.6 Å². The van der Waals surface area contributed by atoms with E-state index in [2.05, 4.69) is 13.8 Å². The van der Waals surface area contributed by atoms with Crippen LogP contribution in [0.1, 0.15) is 147 Å². The summed E-state index contributed by atoms with van der Waals surface area (Å²) in [7, 11) is 0. The van der Waals surface area contributed by atoms with Crippen LogP contribution in [-0.2, 0) is 0 Å². The van der Waals surface area contributed by atoms with Gasteiger partial charge in [-0.15, -0.1) is 0 Å². The van der Waals surface area contributed by atoms with Crippen LogP contribution in [0, 0.1) is 29.4 Å². The molecular weight excluding hydrogens is 438 g/mol. The summed E-state index contributed by atoms with van der Waals surface area (Å²) in [6.45, 7) is 4.86. The molecule has 0 heterocycles. The Morgan fingerprint density at radius 3 is 1.80 bits per heavy atom. The van der Waals surface area contributed by atoms with Gasteiger partial charge in [-0.05, 0) is 67.4 Å². The molecule has 3 rings (SSSR count). The first-order valence-electron chi connectivity index (χ1n) is 15.2. The summed E-state index contributed by atoms with van der Waals surface area (Å²) in [6, 6.07) is 3.42. The maximum absolute atomic E-state index is 14.8. The molecular formula is C32H52F2O. The highest BCUT2D eigenvalue weighted by molar-refractivity contribution is 5.33. The van der Waals surface area contributed by atoms with Gasteiger partial charge in [-0.2, -0.15) is 4.39 Å². The average molecular weight is 491 g/mol. The van der Waals surface area contributed by atoms with Gasteiger partial charge in [-0.25, -0.2) is 4.39 Å². The zero-order chi connectivity index (χ0) is 24.9. The Morgan fingerprint density at radius 2 is 1.17 bits per heavy atom. The predicted molar refractivity (Wildman–Crippen MR) is 144 cm³/mol. The van der Waals surface area contributed by atoms with E-state index >= 15 is 0 Å². The molecule has 0 radical (unpaired) electrons. The molecule has 1 aromatic carbocycles. The maximum Gasteiger partial charge on any atom is 0.200 e. The lowest BCUT2D eigenvalue weighted by Gasteiger charge is -2.32. The van der Waals surface area contributed by atoms with Crippen molar-refractivity contribution in [1.29, 1.82) is 0 Å². The van der Waals surface area contributed by atoms with Crippen molar-refractivity contribution >= 4 is 0 Å². The number of hydrogen-bond donors (Lipinski definition) is 0. The number of ether oxygens (including phenoxy) is 1. The van der Waals surface area contributed by atoms with Crippen molar-refractivity contribution in [1.82, 2.24) is 0 Å². The van der Waals surface area contributed by atoms with Crippen molar-refractivity contribution in [3.05, 3.63) is 29.3 Å². The van der Waals surface area contributed by atoms with E-state index in [0.717, 1.165) is 62.7 Å². The van der Waals surface area contributed by atoms with Crippen LogP contribution in [0.4, 0.5) is 8.78 Å². The molecule has 2 aliphatic rings. The van der Waals surface area contributed by atoms with Gasteiger partial charge in [0.15, 0.2) is 11.6 Å². The molecule has 0 unspecified atom stereocenters. The van der Waals surface area contributed by atoms with Crippen molar-refractivity contribution in [3.63, 3.8) is 0 Å². The van der Waals surface area contributed by atoms with Crippen molar-refractivity contribution in [2.24, 2.45) is 17.8 Å². The molecule has 35 heavy (non-hydrogen) atoms. The van der Waals surface area contributed by atoms with Crippen molar-refractivity contribution in [2.75, 3.05) is 6.61 Å². The standard InChI is InChI=1S/C32H52F2O/c1-3-5-7-8-9-11-25-12-14-26(15-13-25)16-17-27-18-20-28(21-19-27)29-22-23-30(32(34)31(29)33)35-24-10-6-4-2/h22-23,25-28H,3-21,24H2,1-2H3. The third-order valence-electron chi connectivity index (χ3n) is 9.03. The van der Waals surface area contributed by atoms with Crippen LogP contribution in [0.3, 0.4) is 0 Å². The Hall–Kier alpha value is -1.12. The monoisotopic (exact) mass is 490 g/mol. The predicted octanol–water partition coefficient (Wildman–Crippen LogP) is 10.8. The quantitative estimate of drug-likeness (QED) is 0.222. The number of unbranched alkanes of at least 4 members (excludes halogenated alkanes) is 6. The molecule has 0 aromatic heterocycles.